The molecule has 28 heavy (non-hydrogen) atoms. The molecule has 1 N–H and O–H groups in total. The standard InChI is InChI=1S/C18H18BrF2N5O2/c1-24-6-2-7-26-16(17(24)27)10-9-25(8-5-12(10)23-26)18(28)22-13-4-3-11(20)14(19)15(13)21/h3-4H,2,5-9H2,1H3,(H,22,28). The lowest BCUT2D eigenvalue weighted by Gasteiger charge is -2.27. The van der Waals surface area contributed by atoms with Crippen molar-refractivity contribution in [3.63, 3.8) is 0 Å². The molecule has 0 saturated heterocycles. The average Bonchev–Trinajstić information content (AvgIpc) is 2.98. The molecule has 0 saturated carbocycles. The number of rotatable bonds is 1. The van der Waals surface area contributed by atoms with Crippen molar-refractivity contribution in [3.8, 4) is 0 Å². The van der Waals surface area contributed by atoms with Crippen molar-refractivity contribution in [2.45, 2.75) is 25.9 Å². The molecular formula is C18H18BrF2N5O2. The first-order chi connectivity index (χ1) is 13.4. The summed E-state index contributed by atoms with van der Waals surface area (Å²) in [4.78, 5) is 28.5. The summed E-state index contributed by atoms with van der Waals surface area (Å²) < 4.78 is 28.9. The zero-order valence-corrected chi connectivity index (χ0v) is 16.7. The van der Waals surface area contributed by atoms with Crippen LogP contribution in [0.2, 0.25) is 0 Å². The minimum Gasteiger partial charge on any atom is -0.340 e. The van der Waals surface area contributed by atoms with Gasteiger partial charge in [0, 0.05) is 38.7 Å². The summed E-state index contributed by atoms with van der Waals surface area (Å²) in [5, 5.41) is 7.03. The van der Waals surface area contributed by atoms with Crippen molar-refractivity contribution >= 4 is 33.6 Å². The van der Waals surface area contributed by atoms with Gasteiger partial charge in [0.25, 0.3) is 5.91 Å². The Bertz CT molecular complexity index is 977. The number of fused-ring (bicyclic) bond motifs is 3. The smallest absolute Gasteiger partial charge is 0.322 e. The number of amides is 3. The third-order valence-corrected chi connectivity index (χ3v) is 5.80. The van der Waals surface area contributed by atoms with Crippen LogP contribution >= 0.6 is 15.9 Å². The molecule has 2 aliphatic heterocycles. The maximum absolute atomic E-state index is 14.2. The summed E-state index contributed by atoms with van der Waals surface area (Å²) in [6.45, 7) is 1.91. The Hall–Kier alpha value is -2.49. The van der Waals surface area contributed by atoms with Crippen LogP contribution in [-0.2, 0) is 19.5 Å². The van der Waals surface area contributed by atoms with E-state index < -0.39 is 17.7 Å². The highest BCUT2D eigenvalue weighted by Crippen LogP contribution is 2.28. The monoisotopic (exact) mass is 453 g/mol. The van der Waals surface area contributed by atoms with Crippen LogP contribution < -0.4 is 5.32 Å². The van der Waals surface area contributed by atoms with E-state index in [9.17, 15) is 18.4 Å². The molecule has 2 aromatic rings. The van der Waals surface area contributed by atoms with E-state index in [0.29, 0.717) is 31.7 Å². The van der Waals surface area contributed by atoms with Crippen molar-refractivity contribution in [1.29, 1.82) is 0 Å². The zero-order valence-electron chi connectivity index (χ0n) is 15.1. The number of nitrogens with one attached hydrogen (secondary N) is 1. The van der Waals surface area contributed by atoms with Gasteiger partial charge in [-0.25, -0.2) is 13.6 Å². The fraction of sp³-hybridized carbons (Fsp3) is 0.389. The van der Waals surface area contributed by atoms with Crippen LogP contribution in [-0.4, -0.2) is 51.7 Å². The highest BCUT2D eigenvalue weighted by Gasteiger charge is 2.32. The Morgan fingerprint density at radius 2 is 2.04 bits per heavy atom. The van der Waals surface area contributed by atoms with E-state index in [1.54, 1.807) is 16.6 Å². The molecule has 0 spiro atoms. The van der Waals surface area contributed by atoms with Gasteiger partial charge in [-0.2, -0.15) is 5.10 Å². The lowest BCUT2D eigenvalue weighted by atomic mass is 10.0. The maximum atomic E-state index is 14.2. The highest BCUT2D eigenvalue weighted by molar-refractivity contribution is 9.10. The molecule has 1 aromatic carbocycles. The molecule has 2 aliphatic rings. The third kappa shape index (κ3) is 3.15. The van der Waals surface area contributed by atoms with E-state index in [1.165, 1.54) is 11.0 Å². The van der Waals surface area contributed by atoms with Crippen LogP contribution in [0.5, 0.6) is 0 Å². The number of carbonyl (C=O) groups excluding carboxylic acids is 2. The minimum atomic E-state index is -0.873. The number of anilines is 1. The molecule has 3 amide bonds. The molecule has 0 atom stereocenters. The van der Waals surface area contributed by atoms with E-state index in [-0.39, 0.29) is 22.6 Å². The fourth-order valence-electron chi connectivity index (χ4n) is 3.56. The molecule has 0 bridgehead atoms. The molecule has 0 radical (unpaired) electrons. The first-order valence-corrected chi connectivity index (χ1v) is 9.69. The number of benzene rings is 1. The van der Waals surface area contributed by atoms with Crippen LogP contribution in [0.4, 0.5) is 19.3 Å². The van der Waals surface area contributed by atoms with Gasteiger partial charge in [0.05, 0.1) is 22.4 Å². The van der Waals surface area contributed by atoms with Crippen molar-refractivity contribution in [2.75, 3.05) is 25.5 Å². The van der Waals surface area contributed by atoms with Crippen molar-refractivity contribution in [2.24, 2.45) is 0 Å². The van der Waals surface area contributed by atoms with E-state index in [1.807, 2.05) is 0 Å². The molecule has 0 aliphatic carbocycles. The number of halogens is 3. The van der Waals surface area contributed by atoms with Gasteiger partial charge in [0.15, 0.2) is 5.82 Å². The van der Waals surface area contributed by atoms with Gasteiger partial charge in [-0.05, 0) is 34.5 Å². The topological polar surface area (TPSA) is 70.5 Å². The summed E-state index contributed by atoms with van der Waals surface area (Å²) in [6.07, 6.45) is 1.33. The number of carbonyl (C=O) groups is 2. The molecule has 10 heteroatoms. The van der Waals surface area contributed by atoms with Gasteiger partial charge in [-0.1, -0.05) is 0 Å². The first kappa shape index (κ1) is 18.9. The largest absolute Gasteiger partial charge is 0.340 e. The summed E-state index contributed by atoms with van der Waals surface area (Å²) in [5.41, 5.74) is 1.95. The number of aromatic nitrogens is 2. The second kappa shape index (κ2) is 7.16. The molecule has 4 rings (SSSR count). The molecule has 1 aromatic heterocycles. The normalized spacial score (nSPS) is 16.5. The maximum Gasteiger partial charge on any atom is 0.322 e. The Labute approximate surface area is 168 Å². The first-order valence-electron chi connectivity index (χ1n) is 8.90. The van der Waals surface area contributed by atoms with Gasteiger partial charge in [0.2, 0.25) is 0 Å². The number of hydrogen-bond donors (Lipinski definition) is 1. The molecule has 3 heterocycles. The Balaban J connectivity index is 1.57. The van der Waals surface area contributed by atoms with Gasteiger partial charge in [-0.3, -0.25) is 9.48 Å². The van der Waals surface area contributed by atoms with E-state index >= 15 is 0 Å². The second-order valence-electron chi connectivity index (χ2n) is 6.90. The van der Waals surface area contributed by atoms with Crippen LogP contribution in [0.15, 0.2) is 16.6 Å². The molecular weight excluding hydrogens is 436 g/mol. The Morgan fingerprint density at radius 1 is 1.25 bits per heavy atom. The van der Waals surface area contributed by atoms with E-state index in [2.05, 4.69) is 26.3 Å². The van der Waals surface area contributed by atoms with Crippen molar-refractivity contribution < 1.29 is 18.4 Å². The van der Waals surface area contributed by atoms with Gasteiger partial charge < -0.3 is 15.1 Å². The lowest BCUT2D eigenvalue weighted by molar-refractivity contribution is 0.0793. The minimum absolute atomic E-state index is 0.109. The second-order valence-corrected chi connectivity index (χ2v) is 7.69. The quantitative estimate of drug-likeness (QED) is 0.674. The molecule has 148 valence electrons. The summed E-state index contributed by atoms with van der Waals surface area (Å²) >= 11 is 2.82. The summed E-state index contributed by atoms with van der Waals surface area (Å²) in [5.74, 6) is -1.73. The predicted molar refractivity (Wildman–Crippen MR) is 101 cm³/mol. The molecule has 0 unspecified atom stereocenters. The Kier molecular flexibility index (Phi) is 4.82. The lowest BCUT2D eigenvalue weighted by Crippen LogP contribution is -2.39. The average molecular weight is 454 g/mol. The van der Waals surface area contributed by atoms with Gasteiger partial charge >= 0.3 is 6.03 Å². The van der Waals surface area contributed by atoms with Crippen molar-refractivity contribution in [1.82, 2.24) is 19.6 Å². The number of hydrogen-bond acceptors (Lipinski definition) is 3. The highest BCUT2D eigenvalue weighted by atomic mass is 79.9. The van der Waals surface area contributed by atoms with E-state index in [0.717, 1.165) is 23.7 Å². The fourth-order valence-corrected chi connectivity index (χ4v) is 3.90. The number of nitrogens with zero attached hydrogens (tertiary/aromatic N) is 4. The Morgan fingerprint density at radius 3 is 2.82 bits per heavy atom. The number of urea groups is 1. The predicted octanol–water partition coefficient (Wildman–Crippen LogP) is 2.99. The SMILES string of the molecule is CN1CCCn2nc3c(c2C1=O)CN(C(=O)Nc1ccc(F)c(Br)c1F)CC3. The van der Waals surface area contributed by atoms with Crippen LogP contribution in [0.3, 0.4) is 0 Å². The van der Waals surface area contributed by atoms with Crippen LogP contribution in [0.25, 0.3) is 0 Å². The summed E-state index contributed by atoms with van der Waals surface area (Å²) in [6, 6.07) is 1.73. The van der Waals surface area contributed by atoms with E-state index in [4.69, 9.17) is 0 Å². The summed E-state index contributed by atoms with van der Waals surface area (Å²) in [7, 11) is 1.75. The molecule has 0 fully saturated rings. The molecule has 7 nitrogen and oxygen atoms in total. The third-order valence-electron chi connectivity index (χ3n) is 5.08. The van der Waals surface area contributed by atoms with Gasteiger partial charge in [0.1, 0.15) is 11.5 Å². The van der Waals surface area contributed by atoms with Crippen LogP contribution in [0, 0.1) is 11.6 Å². The number of aryl methyl sites for hydroxylation is 1. The van der Waals surface area contributed by atoms with Gasteiger partial charge in [-0.15, -0.1) is 0 Å². The van der Waals surface area contributed by atoms with Crippen molar-refractivity contribution in [3.05, 3.63) is 45.2 Å². The zero-order chi connectivity index (χ0) is 20.0. The van der Waals surface area contributed by atoms with Crippen LogP contribution in [0.1, 0.15) is 28.2 Å².